The fraction of sp³-hybridized carbons (Fsp3) is 0.111. The SMILES string of the molecule is CC(=O)Oc1ccc(/C=C/C(=O)Oc2ccc(C(F)(F)F)cc2)cc1. The molecule has 0 fully saturated rings. The zero-order valence-electron chi connectivity index (χ0n) is 13.0. The lowest BCUT2D eigenvalue weighted by molar-refractivity contribution is -0.137. The summed E-state index contributed by atoms with van der Waals surface area (Å²) in [5.41, 5.74) is -0.170. The molecule has 0 saturated carbocycles. The van der Waals surface area contributed by atoms with E-state index >= 15 is 0 Å². The Kier molecular flexibility index (Phi) is 5.59. The van der Waals surface area contributed by atoms with Crippen molar-refractivity contribution in [3.63, 3.8) is 0 Å². The molecule has 0 aromatic heterocycles. The highest BCUT2D eigenvalue weighted by Gasteiger charge is 2.30. The zero-order chi connectivity index (χ0) is 18.4. The van der Waals surface area contributed by atoms with Gasteiger partial charge in [-0.15, -0.1) is 0 Å². The number of alkyl halides is 3. The molecule has 2 aromatic rings. The van der Waals surface area contributed by atoms with Gasteiger partial charge in [-0.3, -0.25) is 4.79 Å². The van der Waals surface area contributed by atoms with Crippen LogP contribution in [0.4, 0.5) is 13.2 Å². The molecule has 0 heterocycles. The molecule has 0 saturated heterocycles. The highest BCUT2D eigenvalue weighted by molar-refractivity contribution is 5.88. The lowest BCUT2D eigenvalue weighted by Gasteiger charge is -2.07. The molecule has 0 atom stereocenters. The van der Waals surface area contributed by atoms with E-state index in [-0.39, 0.29) is 5.75 Å². The predicted molar refractivity (Wildman–Crippen MR) is 83.9 cm³/mol. The normalized spacial score (nSPS) is 11.4. The second-order valence-electron chi connectivity index (χ2n) is 4.94. The number of benzene rings is 2. The maximum Gasteiger partial charge on any atom is 0.416 e. The van der Waals surface area contributed by atoms with Crippen molar-refractivity contribution >= 4 is 18.0 Å². The van der Waals surface area contributed by atoms with Crippen LogP contribution in [0, 0.1) is 0 Å². The first kappa shape index (κ1) is 18.3. The molecule has 4 nitrogen and oxygen atoms in total. The van der Waals surface area contributed by atoms with E-state index in [4.69, 9.17) is 9.47 Å². The number of ether oxygens (including phenoxy) is 2. The Morgan fingerprint density at radius 2 is 1.40 bits per heavy atom. The molecule has 0 aliphatic carbocycles. The third kappa shape index (κ3) is 5.80. The monoisotopic (exact) mass is 350 g/mol. The average Bonchev–Trinajstić information content (AvgIpc) is 2.53. The quantitative estimate of drug-likeness (QED) is 0.470. The standard InChI is InChI=1S/C18H13F3O4/c1-12(22)24-15-7-2-13(3-8-15)4-11-17(23)25-16-9-5-14(6-10-16)18(19,20)21/h2-11H,1H3/b11-4+. The molecule has 130 valence electrons. The van der Waals surface area contributed by atoms with E-state index in [2.05, 4.69) is 0 Å². The Hall–Kier alpha value is -3.09. The van der Waals surface area contributed by atoms with Gasteiger partial charge in [-0.25, -0.2) is 4.79 Å². The van der Waals surface area contributed by atoms with Gasteiger partial charge in [-0.05, 0) is 48.0 Å². The lowest BCUT2D eigenvalue weighted by atomic mass is 10.2. The first-order valence-electron chi connectivity index (χ1n) is 7.10. The van der Waals surface area contributed by atoms with Gasteiger partial charge in [-0.2, -0.15) is 13.2 Å². The topological polar surface area (TPSA) is 52.6 Å². The van der Waals surface area contributed by atoms with Gasteiger partial charge < -0.3 is 9.47 Å². The number of esters is 2. The molecule has 25 heavy (non-hydrogen) atoms. The van der Waals surface area contributed by atoms with Gasteiger partial charge in [-0.1, -0.05) is 12.1 Å². The van der Waals surface area contributed by atoms with Crippen molar-refractivity contribution in [3.8, 4) is 11.5 Å². The van der Waals surface area contributed by atoms with Crippen LogP contribution in [0.2, 0.25) is 0 Å². The minimum atomic E-state index is -4.44. The Labute approximate surface area is 141 Å². The van der Waals surface area contributed by atoms with E-state index < -0.39 is 23.7 Å². The van der Waals surface area contributed by atoms with Crippen LogP contribution in [0.3, 0.4) is 0 Å². The highest BCUT2D eigenvalue weighted by Crippen LogP contribution is 2.30. The average molecular weight is 350 g/mol. The number of halogens is 3. The molecule has 2 aromatic carbocycles. The van der Waals surface area contributed by atoms with Crippen LogP contribution in [0.15, 0.2) is 54.6 Å². The summed E-state index contributed by atoms with van der Waals surface area (Å²) >= 11 is 0. The maximum atomic E-state index is 12.4. The van der Waals surface area contributed by atoms with Crippen LogP contribution in [0.5, 0.6) is 11.5 Å². The van der Waals surface area contributed by atoms with E-state index in [0.29, 0.717) is 11.3 Å². The highest BCUT2D eigenvalue weighted by atomic mass is 19.4. The van der Waals surface area contributed by atoms with E-state index in [1.807, 2.05) is 0 Å². The summed E-state index contributed by atoms with van der Waals surface area (Å²) in [6, 6.07) is 10.2. The van der Waals surface area contributed by atoms with Crippen molar-refractivity contribution in [2.75, 3.05) is 0 Å². The van der Waals surface area contributed by atoms with Gasteiger partial charge in [0, 0.05) is 13.0 Å². The molecule has 0 bridgehead atoms. The molecule has 0 unspecified atom stereocenters. The molecule has 0 N–H and O–H groups in total. The Morgan fingerprint density at radius 1 is 0.880 bits per heavy atom. The van der Waals surface area contributed by atoms with Crippen LogP contribution in [-0.2, 0) is 15.8 Å². The summed E-state index contributed by atoms with van der Waals surface area (Å²) in [4.78, 5) is 22.5. The zero-order valence-corrected chi connectivity index (χ0v) is 13.0. The van der Waals surface area contributed by atoms with Crippen LogP contribution < -0.4 is 9.47 Å². The number of carbonyl (C=O) groups excluding carboxylic acids is 2. The summed E-state index contributed by atoms with van der Waals surface area (Å²) in [5, 5.41) is 0. The van der Waals surface area contributed by atoms with E-state index in [0.717, 1.165) is 30.3 Å². The van der Waals surface area contributed by atoms with Crippen molar-refractivity contribution in [1.29, 1.82) is 0 Å². The Bertz CT molecular complexity index is 775. The van der Waals surface area contributed by atoms with E-state index in [1.165, 1.54) is 13.0 Å². The summed E-state index contributed by atoms with van der Waals surface area (Å²) < 4.78 is 47.1. The second kappa shape index (κ2) is 7.65. The summed E-state index contributed by atoms with van der Waals surface area (Å²) in [6.45, 7) is 1.28. The third-order valence-corrected chi connectivity index (χ3v) is 2.95. The number of hydrogen-bond acceptors (Lipinski definition) is 4. The van der Waals surface area contributed by atoms with Crippen LogP contribution >= 0.6 is 0 Å². The van der Waals surface area contributed by atoms with Crippen molar-refractivity contribution in [1.82, 2.24) is 0 Å². The summed E-state index contributed by atoms with van der Waals surface area (Å²) in [6.07, 6.45) is -1.84. The molecule has 2 rings (SSSR count). The largest absolute Gasteiger partial charge is 0.427 e. The molecule has 7 heteroatoms. The van der Waals surface area contributed by atoms with Gasteiger partial charge in [0.1, 0.15) is 11.5 Å². The molecule has 0 radical (unpaired) electrons. The smallest absolute Gasteiger partial charge is 0.416 e. The molecule has 0 aliphatic heterocycles. The Balaban J connectivity index is 1.95. The van der Waals surface area contributed by atoms with Gasteiger partial charge in [0.05, 0.1) is 5.56 Å². The van der Waals surface area contributed by atoms with E-state index in [9.17, 15) is 22.8 Å². The van der Waals surface area contributed by atoms with Crippen molar-refractivity contribution in [2.24, 2.45) is 0 Å². The van der Waals surface area contributed by atoms with Gasteiger partial charge in [0.15, 0.2) is 0 Å². The minimum Gasteiger partial charge on any atom is -0.427 e. The van der Waals surface area contributed by atoms with Crippen molar-refractivity contribution < 1.29 is 32.2 Å². The minimum absolute atomic E-state index is 0.00727. The molecule has 0 spiro atoms. The Morgan fingerprint density at radius 3 is 1.92 bits per heavy atom. The summed E-state index contributed by atoms with van der Waals surface area (Å²) in [7, 11) is 0. The van der Waals surface area contributed by atoms with Gasteiger partial charge in [0.2, 0.25) is 0 Å². The fourth-order valence-corrected chi connectivity index (χ4v) is 1.84. The predicted octanol–water partition coefficient (Wildman–Crippen LogP) is 4.25. The molecular formula is C18H13F3O4. The van der Waals surface area contributed by atoms with Gasteiger partial charge >= 0.3 is 18.1 Å². The van der Waals surface area contributed by atoms with Crippen LogP contribution in [0.1, 0.15) is 18.1 Å². The van der Waals surface area contributed by atoms with E-state index in [1.54, 1.807) is 24.3 Å². The molecule has 0 amide bonds. The second-order valence-corrected chi connectivity index (χ2v) is 4.94. The number of rotatable bonds is 4. The van der Waals surface area contributed by atoms with Crippen molar-refractivity contribution in [3.05, 3.63) is 65.7 Å². The van der Waals surface area contributed by atoms with Gasteiger partial charge in [0.25, 0.3) is 0 Å². The van der Waals surface area contributed by atoms with Crippen molar-refractivity contribution in [2.45, 2.75) is 13.1 Å². The maximum absolute atomic E-state index is 12.4. The van der Waals surface area contributed by atoms with Crippen LogP contribution in [0.25, 0.3) is 6.08 Å². The number of hydrogen-bond donors (Lipinski definition) is 0. The third-order valence-electron chi connectivity index (χ3n) is 2.95. The molecular weight excluding hydrogens is 337 g/mol. The molecule has 0 aliphatic rings. The van der Waals surface area contributed by atoms with Crippen LogP contribution in [-0.4, -0.2) is 11.9 Å². The first-order chi connectivity index (χ1) is 11.7. The fourth-order valence-electron chi connectivity index (χ4n) is 1.84. The lowest BCUT2D eigenvalue weighted by Crippen LogP contribution is -2.06. The summed E-state index contributed by atoms with van der Waals surface area (Å²) in [5.74, 6) is -0.794. The number of carbonyl (C=O) groups is 2. The first-order valence-corrected chi connectivity index (χ1v) is 7.10.